The number of rotatable bonds is 19. The van der Waals surface area contributed by atoms with Crippen LogP contribution in [0.1, 0.15) is 68.6 Å². The summed E-state index contributed by atoms with van der Waals surface area (Å²) in [7, 11) is 1.34. The van der Waals surface area contributed by atoms with Gasteiger partial charge in [0.1, 0.15) is 11.3 Å². The Kier molecular flexibility index (Phi) is 18.1. The molecule has 0 saturated carbocycles. The average Bonchev–Trinajstić information content (AvgIpc) is 2.87. The normalized spacial score (nSPS) is 13.1. The Morgan fingerprint density at radius 2 is 1.39 bits per heavy atom. The fraction of sp³-hybridized carbons (Fsp3) is 0.400. The molecule has 0 bridgehead atoms. The standard InChI is InChI=1S/C30H40O6/c1-3-4-5-6-7-8-9-10-11-12-13-14-15-16-17-18-19-22-25-35-30(34-2)29(33)36-27-24-21-20-23-26(27)28(31)32/h4-5,7-8,10-11,13-14,16-17,20-21,23-24,30H,3,6,9,12,15,18-19,22,25H2,1-2H3,(H,31,32). The number of aromatic carboxylic acids is 1. The third kappa shape index (κ3) is 14.9. The molecule has 0 amide bonds. The van der Waals surface area contributed by atoms with Crippen molar-refractivity contribution in [2.45, 2.75) is 64.6 Å². The minimum Gasteiger partial charge on any atom is -0.478 e. The van der Waals surface area contributed by atoms with Crippen LogP contribution in [0, 0.1) is 0 Å². The molecule has 0 aliphatic heterocycles. The van der Waals surface area contributed by atoms with Gasteiger partial charge >= 0.3 is 11.9 Å². The summed E-state index contributed by atoms with van der Waals surface area (Å²) in [6.45, 7) is 2.47. The maximum atomic E-state index is 12.2. The number of carbonyl (C=O) groups is 2. The van der Waals surface area contributed by atoms with E-state index in [0.717, 1.165) is 51.4 Å². The zero-order valence-electron chi connectivity index (χ0n) is 21.5. The lowest BCUT2D eigenvalue weighted by atomic mass is 10.2. The Labute approximate surface area is 215 Å². The van der Waals surface area contributed by atoms with E-state index >= 15 is 0 Å². The molecule has 0 aliphatic rings. The van der Waals surface area contributed by atoms with Crippen LogP contribution in [-0.4, -0.2) is 37.1 Å². The molecule has 1 aromatic carbocycles. The number of unbranched alkanes of at least 4 members (excludes halogenated alkanes) is 2. The van der Waals surface area contributed by atoms with Gasteiger partial charge in [0.15, 0.2) is 0 Å². The number of ether oxygens (including phenoxy) is 3. The highest BCUT2D eigenvalue weighted by Crippen LogP contribution is 2.19. The van der Waals surface area contributed by atoms with E-state index in [0.29, 0.717) is 6.61 Å². The first-order valence-electron chi connectivity index (χ1n) is 12.5. The van der Waals surface area contributed by atoms with Crippen LogP contribution >= 0.6 is 0 Å². The van der Waals surface area contributed by atoms with Crippen molar-refractivity contribution in [3.8, 4) is 5.75 Å². The maximum Gasteiger partial charge on any atom is 0.368 e. The van der Waals surface area contributed by atoms with Gasteiger partial charge in [-0.1, -0.05) is 79.8 Å². The molecule has 0 saturated heterocycles. The van der Waals surface area contributed by atoms with E-state index in [2.05, 4.69) is 67.7 Å². The number of hydrogen-bond donors (Lipinski definition) is 1. The van der Waals surface area contributed by atoms with Crippen LogP contribution in [0.15, 0.2) is 85.0 Å². The molecule has 1 unspecified atom stereocenters. The lowest BCUT2D eigenvalue weighted by Crippen LogP contribution is -2.31. The summed E-state index contributed by atoms with van der Waals surface area (Å²) in [4.78, 5) is 23.5. The molecule has 1 aromatic rings. The zero-order chi connectivity index (χ0) is 26.3. The number of hydrogen-bond acceptors (Lipinski definition) is 5. The number of carboxylic acids is 1. The Morgan fingerprint density at radius 3 is 1.94 bits per heavy atom. The lowest BCUT2D eigenvalue weighted by Gasteiger charge is -2.15. The number of para-hydroxylation sites is 1. The number of esters is 1. The second-order valence-electron chi connectivity index (χ2n) is 7.86. The quantitative estimate of drug-likeness (QED) is 0.0717. The van der Waals surface area contributed by atoms with Gasteiger partial charge in [-0.3, -0.25) is 0 Å². The highest BCUT2D eigenvalue weighted by Gasteiger charge is 2.23. The molecule has 0 aromatic heterocycles. The van der Waals surface area contributed by atoms with E-state index in [1.807, 2.05) is 0 Å². The molecule has 36 heavy (non-hydrogen) atoms. The van der Waals surface area contributed by atoms with Crippen LogP contribution in [-0.2, 0) is 14.3 Å². The van der Waals surface area contributed by atoms with Crippen LogP contribution in [0.4, 0.5) is 0 Å². The van der Waals surface area contributed by atoms with Gasteiger partial charge in [0.2, 0.25) is 0 Å². The topological polar surface area (TPSA) is 82.1 Å². The van der Waals surface area contributed by atoms with Crippen molar-refractivity contribution in [3.05, 3.63) is 90.6 Å². The van der Waals surface area contributed by atoms with Crippen LogP contribution in [0.25, 0.3) is 0 Å². The number of allylic oxidation sites excluding steroid dienone is 10. The third-order valence-corrected chi connectivity index (χ3v) is 4.93. The minimum atomic E-state index is -1.21. The van der Waals surface area contributed by atoms with Gasteiger partial charge in [-0.05, 0) is 63.5 Å². The molecule has 0 spiro atoms. The number of carbonyl (C=O) groups excluding carboxylic acids is 1. The Bertz CT molecular complexity index is 894. The van der Waals surface area contributed by atoms with E-state index in [1.165, 1.54) is 19.2 Å². The fourth-order valence-electron chi connectivity index (χ4n) is 3.04. The molecule has 0 heterocycles. The molecular weight excluding hydrogens is 456 g/mol. The predicted molar refractivity (Wildman–Crippen MR) is 144 cm³/mol. The van der Waals surface area contributed by atoms with Crippen molar-refractivity contribution in [2.75, 3.05) is 13.7 Å². The van der Waals surface area contributed by atoms with Crippen LogP contribution in [0.3, 0.4) is 0 Å². The number of methoxy groups -OCH3 is 1. The Balaban J connectivity index is 2.13. The first kappa shape index (κ1) is 30.8. The van der Waals surface area contributed by atoms with Gasteiger partial charge < -0.3 is 19.3 Å². The van der Waals surface area contributed by atoms with Gasteiger partial charge in [0.25, 0.3) is 6.29 Å². The zero-order valence-corrected chi connectivity index (χ0v) is 21.5. The summed E-state index contributed by atoms with van der Waals surface area (Å²) >= 11 is 0. The van der Waals surface area contributed by atoms with Gasteiger partial charge in [0.05, 0.1) is 6.61 Å². The Hall–Kier alpha value is -3.22. The second kappa shape index (κ2) is 21.1. The van der Waals surface area contributed by atoms with Crippen LogP contribution < -0.4 is 4.74 Å². The van der Waals surface area contributed by atoms with E-state index in [1.54, 1.807) is 12.1 Å². The summed E-state index contributed by atoms with van der Waals surface area (Å²) in [5.41, 5.74) is -0.0993. The number of benzene rings is 1. The summed E-state index contributed by atoms with van der Waals surface area (Å²) in [5, 5.41) is 9.18. The average molecular weight is 497 g/mol. The molecule has 6 nitrogen and oxygen atoms in total. The van der Waals surface area contributed by atoms with Gasteiger partial charge in [0, 0.05) is 7.11 Å². The van der Waals surface area contributed by atoms with Gasteiger partial charge in [-0.15, -0.1) is 0 Å². The van der Waals surface area contributed by atoms with Crippen molar-refractivity contribution in [2.24, 2.45) is 0 Å². The van der Waals surface area contributed by atoms with E-state index in [4.69, 9.17) is 14.2 Å². The lowest BCUT2D eigenvalue weighted by molar-refractivity contribution is -0.180. The maximum absolute atomic E-state index is 12.2. The minimum absolute atomic E-state index is 0.0426. The molecule has 1 rings (SSSR count). The van der Waals surface area contributed by atoms with E-state index in [9.17, 15) is 14.7 Å². The smallest absolute Gasteiger partial charge is 0.368 e. The first-order valence-corrected chi connectivity index (χ1v) is 12.5. The van der Waals surface area contributed by atoms with Crippen LogP contribution in [0.2, 0.25) is 0 Å². The fourth-order valence-corrected chi connectivity index (χ4v) is 3.04. The van der Waals surface area contributed by atoms with Crippen LogP contribution in [0.5, 0.6) is 5.75 Å². The number of carboxylic acid groups (broad SMARTS) is 1. The summed E-state index contributed by atoms with van der Waals surface area (Å²) in [5.74, 6) is -2.01. The highest BCUT2D eigenvalue weighted by atomic mass is 16.7. The first-order chi connectivity index (χ1) is 17.6. The summed E-state index contributed by atoms with van der Waals surface area (Å²) < 4.78 is 15.7. The van der Waals surface area contributed by atoms with Gasteiger partial charge in [-0.25, -0.2) is 9.59 Å². The largest absolute Gasteiger partial charge is 0.478 e. The van der Waals surface area contributed by atoms with Crippen molar-refractivity contribution >= 4 is 11.9 Å². The molecular formula is C30H40O6. The van der Waals surface area contributed by atoms with E-state index in [-0.39, 0.29) is 11.3 Å². The molecule has 0 radical (unpaired) electrons. The molecule has 6 heteroatoms. The molecule has 1 atom stereocenters. The third-order valence-electron chi connectivity index (χ3n) is 4.93. The Morgan fingerprint density at radius 1 is 0.833 bits per heavy atom. The van der Waals surface area contributed by atoms with Crippen molar-refractivity contribution in [3.63, 3.8) is 0 Å². The van der Waals surface area contributed by atoms with Crippen molar-refractivity contribution < 1.29 is 28.9 Å². The van der Waals surface area contributed by atoms with E-state index < -0.39 is 18.2 Å². The SMILES string of the molecule is CCC=CCC=CCC=CCC=CCC=CCCCCOC(OC)C(=O)Oc1ccccc1C(=O)O. The van der Waals surface area contributed by atoms with Crippen molar-refractivity contribution in [1.29, 1.82) is 0 Å². The van der Waals surface area contributed by atoms with Gasteiger partial charge in [-0.2, -0.15) is 0 Å². The highest BCUT2D eigenvalue weighted by molar-refractivity contribution is 5.92. The van der Waals surface area contributed by atoms with Crippen molar-refractivity contribution in [1.82, 2.24) is 0 Å². The predicted octanol–water partition coefficient (Wildman–Crippen LogP) is 7.20. The summed E-state index contributed by atoms with van der Waals surface area (Å²) in [6.07, 6.45) is 28.0. The molecule has 196 valence electrons. The molecule has 0 aliphatic carbocycles. The second-order valence-corrected chi connectivity index (χ2v) is 7.86. The molecule has 0 fully saturated rings. The monoisotopic (exact) mass is 496 g/mol. The summed E-state index contributed by atoms with van der Waals surface area (Å²) in [6, 6.07) is 5.93. The molecule has 1 N–H and O–H groups in total.